The average Bonchev–Trinajstić information content (AvgIpc) is 2.19. The molecular weight excluding hydrogens is 301 g/mol. The van der Waals surface area contributed by atoms with Crippen LogP contribution >= 0.6 is 15.9 Å². The number of carbonyl (C=O) groups is 1. The minimum atomic E-state index is -4.26. The van der Waals surface area contributed by atoms with Crippen molar-refractivity contribution in [3.05, 3.63) is 0 Å². The summed E-state index contributed by atoms with van der Waals surface area (Å²) < 4.78 is 37.3. The van der Waals surface area contributed by atoms with Gasteiger partial charge in [0.05, 0.1) is 5.92 Å². The van der Waals surface area contributed by atoms with Crippen LogP contribution in [0.25, 0.3) is 0 Å². The Bertz CT molecular complexity index is 285. The number of likely N-dealkylation sites (tertiary alicyclic amines) is 1. The third-order valence-electron chi connectivity index (χ3n) is 3.16. The molecule has 1 saturated heterocycles. The van der Waals surface area contributed by atoms with Crippen molar-refractivity contribution in [2.45, 2.75) is 36.8 Å². The first-order valence-electron chi connectivity index (χ1n) is 5.46. The summed E-state index contributed by atoms with van der Waals surface area (Å²) in [5.74, 6) is -0.765. The van der Waals surface area contributed by atoms with Crippen LogP contribution in [0.5, 0.6) is 0 Å². The lowest BCUT2D eigenvalue weighted by molar-refractivity contribution is -0.134. The highest BCUT2D eigenvalue weighted by Crippen LogP contribution is 2.30. The number of nitrogens with zero attached hydrogens (tertiary/aromatic N) is 1. The van der Waals surface area contributed by atoms with E-state index < -0.39 is 16.9 Å². The van der Waals surface area contributed by atoms with Crippen LogP contribution in [0.3, 0.4) is 0 Å². The monoisotopic (exact) mass is 316 g/mol. The number of piperidine rings is 1. The zero-order valence-corrected chi connectivity index (χ0v) is 11.1. The van der Waals surface area contributed by atoms with Crippen LogP contribution in [0.2, 0.25) is 0 Å². The van der Waals surface area contributed by atoms with Crippen molar-refractivity contribution in [1.82, 2.24) is 4.90 Å². The Balaban J connectivity index is 2.59. The lowest BCUT2D eigenvalue weighted by Crippen LogP contribution is -2.49. The number of hydrogen-bond acceptors (Lipinski definition) is 2. The normalized spacial score (nSPS) is 29.0. The summed E-state index contributed by atoms with van der Waals surface area (Å²) in [6, 6.07) is 0.0491. The quantitative estimate of drug-likeness (QED) is 0.808. The van der Waals surface area contributed by atoms with Crippen LogP contribution in [0.1, 0.15) is 19.8 Å². The second kappa shape index (κ2) is 5.56. The molecule has 1 rings (SSSR count). The number of carbonyl (C=O) groups excluding carboxylic acids is 1. The van der Waals surface area contributed by atoms with Crippen molar-refractivity contribution in [2.75, 3.05) is 13.1 Å². The van der Waals surface area contributed by atoms with Gasteiger partial charge in [-0.1, -0.05) is 15.9 Å². The molecule has 0 bridgehead atoms. The van der Waals surface area contributed by atoms with Gasteiger partial charge in [-0.3, -0.25) is 9.69 Å². The highest BCUT2D eigenvalue weighted by molar-refractivity contribution is 9.09. The summed E-state index contributed by atoms with van der Waals surface area (Å²) in [5.41, 5.74) is 5.19. The van der Waals surface area contributed by atoms with E-state index in [-0.39, 0.29) is 18.5 Å². The Morgan fingerprint density at radius 3 is 2.59 bits per heavy atom. The molecule has 0 radical (unpaired) electrons. The van der Waals surface area contributed by atoms with E-state index in [1.54, 1.807) is 4.90 Å². The molecule has 3 atom stereocenters. The van der Waals surface area contributed by atoms with Gasteiger partial charge in [-0.05, 0) is 19.8 Å². The van der Waals surface area contributed by atoms with E-state index in [0.717, 1.165) is 0 Å². The van der Waals surface area contributed by atoms with Gasteiger partial charge in [-0.15, -0.1) is 0 Å². The summed E-state index contributed by atoms with van der Waals surface area (Å²) in [6.07, 6.45) is -2.91. The van der Waals surface area contributed by atoms with Crippen LogP contribution in [-0.4, -0.2) is 40.9 Å². The second-order valence-electron chi connectivity index (χ2n) is 4.49. The first kappa shape index (κ1) is 14.8. The second-order valence-corrected chi connectivity index (χ2v) is 5.59. The number of primary amides is 1. The fraction of sp³-hybridized carbons (Fsp3) is 0.900. The fourth-order valence-corrected chi connectivity index (χ4v) is 2.35. The number of nitrogens with two attached hydrogens (primary N) is 1. The van der Waals surface area contributed by atoms with Gasteiger partial charge in [0.25, 0.3) is 0 Å². The van der Waals surface area contributed by atoms with Crippen molar-refractivity contribution in [3.8, 4) is 0 Å². The smallest absolute Gasteiger partial charge is 0.369 e. The standard InChI is InChI=1S/C10H16BrF3N2O/c1-6-2-3-7(9(15)17)4-16(6)5-8(11)10(12,13)14/h6-8H,2-5H2,1H3,(H2,15,17). The molecule has 0 spiro atoms. The highest BCUT2D eigenvalue weighted by Gasteiger charge is 2.40. The molecule has 2 N–H and O–H groups in total. The summed E-state index contributed by atoms with van der Waals surface area (Å²) in [4.78, 5) is 11.2. The molecule has 3 nitrogen and oxygen atoms in total. The largest absolute Gasteiger partial charge is 0.402 e. The molecule has 1 fully saturated rings. The topological polar surface area (TPSA) is 46.3 Å². The van der Waals surface area contributed by atoms with Gasteiger partial charge in [0.1, 0.15) is 4.83 Å². The van der Waals surface area contributed by atoms with Crippen LogP contribution in [0.15, 0.2) is 0 Å². The molecule has 0 aliphatic carbocycles. The molecule has 0 aromatic heterocycles. The van der Waals surface area contributed by atoms with E-state index in [2.05, 4.69) is 15.9 Å². The Hall–Kier alpha value is -0.300. The molecule has 7 heteroatoms. The van der Waals surface area contributed by atoms with Crippen molar-refractivity contribution >= 4 is 21.8 Å². The summed E-state index contributed by atoms with van der Waals surface area (Å²) in [7, 11) is 0. The maximum absolute atomic E-state index is 12.4. The van der Waals surface area contributed by atoms with Crippen LogP contribution in [0.4, 0.5) is 13.2 Å². The van der Waals surface area contributed by atoms with E-state index in [9.17, 15) is 18.0 Å². The van der Waals surface area contributed by atoms with Gasteiger partial charge in [0, 0.05) is 19.1 Å². The molecular formula is C10H16BrF3N2O. The maximum atomic E-state index is 12.4. The minimum absolute atomic E-state index is 0.0491. The number of halogens is 4. The molecule has 17 heavy (non-hydrogen) atoms. The van der Waals surface area contributed by atoms with Crippen LogP contribution < -0.4 is 5.73 Å². The predicted molar refractivity (Wildman–Crippen MR) is 61.7 cm³/mol. The highest BCUT2D eigenvalue weighted by atomic mass is 79.9. The third kappa shape index (κ3) is 4.13. The lowest BCUT2D eigenvalue weighted by Gasteiger charge is -2.38. The van der Waals surface area contributed by atoms with E-state index in [0.29, 0.717) is 19.4 Å². The van der Waals surface area contributed by atoms with Crippen molar-refractivity contribution in [2.24, 2.45) is 11.7 Å². The van der Waals surface area contributed by atoms with E-state index in [4.69, 9.17) is 5.73 Å². The van der Waals surface area contributed by atoms with Crippen molar-refractivity contribution < 1.29 is 18.0 Å². The molecule has 1 heterocycles. The molecule has 0 aromatic rings. The zero-order valence-electron chi connectivity index (χ0n) is 9.51. The molecule has 3 unspecified atom stereocenters. The average molecular weight is 317 g/mol. The Labute approximate surface area is 107 Å². The zero-order chi connectivity index (χ0) is 13.2. The molecule has 100 valence electrons. The molecule has 1 aliphatic heterocycles. The van der Waals surface area contributed by atoms with Gasteiger partial charge in [0.15, 0.2) is 0 Å². The van der Waals surface area contributed by atoms with Crippen molar-refractivity contribution in [1.29, 1.82) is 0 Å². The van der Waals surface area contributed by atoms with Gasteiger partial charge in [-0.2, -0.15) is 13.2 Å². The number of alkyl halides is 4. The Kier molecular flexibility index (Phi) is 4.83. The van der Waals surface area contributed by atoms with E-state index in [1.807, 2.05) is 6.92 Å². The summed E-state index contributed by atoms with van der Waals surface area (Å²) in [5, 5.41) is 0. The molecule has 0 aromatic carbocycles. The third-order valence-corrected chi connectivity index (χ3v) is 3.97. The first-order chi connectivity index (χ1) is 7.71. The Morgan fingerprint density at radius 2 is 2.12 bits per heavy atom. The predicted octanol–water partition coefficient (Wildman–Crippen LogP) is 1.90. The van der Waals surface area contributed by atoms with E-state index >= 15 is 0 Å². The molecule has 0 saturated carbocycles. The van der Waals surface area contributed by atoms with Crippen LogP contribution in [-0.2, 0) is 4.79 Å². The number of hydrogen-bond donors (Lipinski definition) is 1. The fourth-order valence-electron chi connectivity index (χ4n) is 1.98. The molecule has 1 aliphatic rings. The number of amides is 1. The summed E-state index contributed by atoms with van der Waals surface area (Å²) >= 11 is 2.64. The van der Waals surface area contributed by atoms with Gasteiger partial charge < -0.3 is 5.73 Å². The number of rotatable bonds is 3. The summed E-state index contributed by atoms with van der Waals surface area (Å²) in [6.45, 7) is 2.04. The molecule has 1 amide bonds. The lowest BCUT2D eigenvalue weighted by atomic mass is 9.93. The maximum Gasteiger partial charge on any atom is 0.402 e. The van der Waals surface area contributed by atoms with Crippen molar-refractivity contribution in [3.63, 3.8) is 0 Å². The van der Waals surface area contributed by atoms with Crippen LogP contribution in [0, 0.1) is 5.92 Å². The van der Waals surface area contributed by atoms with Gasteiger partial charge in [-0.25, -0.2) is 0 Å². The SMILES string of the molecule is CC1CCC(C(N)=O)CN1CC(Br)C(F)(F)F. The Morgan fingerprint density at radius 1 is 1.53 bits per heavy atom. The van der Waals surface area contributed by atoms with E-state index in [1.165, 1.54) is 0 Å². The van der Waals surface area contributed by atoms with Gasteiger partial charge in [0.2, 0.25) is 5.91 Å². The first-order valence-corrected chi connectivity index (χ1v) is 6.37. The minimum Gasteiger partial charge on any atom is -0.369 e. The van der Waals surface area contributed by atoms with Gasteiger partial charge >= 0.3 is 6.18 Å².